The van der Waals surface area contributed by atoms with Crippen molar-refractivity contribution in [1.82, 2.24) is 4.31 Å². The molecular weight excluding hydrogens is 519 g/mol. The summed E-state index contributed by atoms with van der Waals surface area (Å²) in [4.78, 5) is 15.1. The molecule has 0 radical (unpaired) electrons. The molecule has 0 amide bonds. The molecule has 1 heterocycles. The van der Waals surface area contributed by atoms with Crippen LogP contribution in [-0.2, 0) is 11.3 Å². The van der Waals surface area contributed by atoms with E-state index >= 15 is 0 Å². The average molecular weight is 553 g/mol. The standard InChI is InChI=1S/C30H33FN2O3S2/c1-4-5-7-25-21-32(24-12-10-23(31)11-13-24)27-18-30(37-3)28(36-17-6-16-34)19-29(27)38-33(25)20-22-8-14-26(35-2)15-9-22/h6,8-19,25H,4-5,7,20-21H2,1-3H3/b17-6+. The Labute approximate surface area is 233 Å². The molecule has 4 rings (SSSR count). The van der Waals surface area contributed by atoms with Crippen molar-refractivity contribution in [3.63, 3.8) is 0 Å². The zero-order valence-electron chi connectivity index (χ0n) is 21.9. The van der Waals surface area contributed by atoms with Gasteiger partial charge in [0.25, 0.3) is 0 Å². The molecule has 0 fully saturated rings. The molecule has 0 saturated carbocycles. The van der Waals surface area contributed by atoms with Crippen molar-refractivity contribution in [3.05, 3.63) is 84.4 Å². The fourth-order valence-electron chi connectivity index (χ4n) is 4.42. The van der Waals surface area contributed by atoms with Crippen molar-refractivity contribution < 1.29 is 18.7 Å². The van der Waals surface area contributed by atoms with Crippen LogP contribution in [0.3, 0.4) is 0 Å². The maximum Gasteiger partial charge on any atom is 0.145 e. The summed E-state index contributed by atoms with van der Waals surface area (Å²) >= 11 is 3.30. The quantitative estimate of drug-likeness (QED) is 0.0788. The van der Waals surface area contributed by atoms with E-state index in [4.69, 9.17) is 9.47 Å². The van der Waals surface area contributed by atoms with Crippen LogP contribution in [0.5, 0.6) is 11.5 Å². The lowest BCUT2D eigenvalue weighted by Gasteiger charge is -2.32. The van der Waals surface area contributed by atoms with Crippen LogP contribution in [0.25, 0.3) is 0 Å². The molecule has 1 aliphatic rings. The van der Waals surface area contributed by atoms with Crippen molar-refractivity contribution >= 4 is 41.4 Å². The molecule has 8 heteroatoms. The Morgan fingerprint density at radius 3 is 2.55 bits per heavy atom. The number of benzene rings is 3. The molecule has 0 N–H and O–H groups in total. The number of aldehydes is 1. The molecule has 1 aliphatic heterocycles. The summed E-state index contributed by atoms with van der Waals surface area (Å²) in [7, 11) is 1.67. The zero-order chi connectivity index (χ0) is 26.9. The molecule has 0 spiro atoms. The van der Waals surface area contributed by atoms with Crippen LogP contribution in [0.4, 0.5) is 15.8 Å². The van der Waals surface area contributed by atoms with E-state index in [1.54, 1.807) is 30.8 Å². The number of nitrogens with zero attached hydrogens (tertiary/aromatic N) is 2. The van der Waals surface area contributed by atoms with E-state index in [0.29, 0.717) is 12.0 Å². The number of anilines is 2. The molecule has 3 aromatic carbocycles. The van der Waals surface area contributed by atoms with Gasteiger partial charge in [-0.25, -0.2) is 8.70 Å². The Bertz CT molecular complexity index is 1240. The van der Waals surface area contributed by atoms with Crippen LogP contribution in [-0.4, -0.2) is 36.5 Å². The van der Waals surface area contributed by atoms with Gasteiger partial charge in [-0.15, -0.1) is 11.8 Å². The second-order valence-electron chi connectivity index (χ2n) is 8.95. The minimum Gasteiger partial charge on any atom is -0.497 e. The van der Waals surface area contributed by atoms with E-state index < -0.39 is 0 Å². The first-order valence-electron chi connectivity index (χ1n) is 12.7. The lowest BCUT2D eigenvalue weighted by atomic mass is 10.1. The normalized spacial score (nSPS) is 15.8. The highest BCUT2D eigenvalue weighted by atomic mass is 32.2. The summed E-state index contributed by atoms with van der Waals surface area (Å²) in [6, 6.07) is 19.3. The van der Waals surface area contributed by atoms with Crippen molar-refractivity contribution in [2.75, 3.05) is 24.8 Å². The molecule has 0 bridgehead atoms. The Balaban J connectivity index is 1.79. The lowest BCUT2D eigenvalue weighted by molar-refractivity contribution is -0.104. The third-order valence-electron chi connectivity index (χ3n) is 6.43. The highest BCUT2D eigenvalue weighted by Crippen LogP contribution is 2.47. The zero-order valence-corrected chi connectivity index (χ0v) is 23.6. The van der Waals surface area contributed by atoms with Gasteiger partial charge in [-0.2, -0.15) is 0 Å². The van der Waals surface area contributed by atoms with Gasteiger partial charge in [0, 0.05) is 30.9 Å². The SMILES string of the molecule is CCCCC1CN(c2ccc(F)cc2)c2cc(SC)c(O/C=C/C=O)cc2SN1Cc1ccc(OC)cc1. The molecule has 1 atom stereocenters. The molecule has 5 nitrogen and oxygen atoms in total. The fraction of sp³-hybridized carbons (Fsp3) is 0.300. The first-order valence-corrected chi connectivity index (χ1v) is 14.7. The number of carbonyl (C=O) groups excluding carboxylic acids is 1. The number of hydrogen-bond donors (Lipinski definition) is 0. The number of fused-ring (bicyclic) bond motifs is 1. The van der Waals surface area contributed by atoms with Gasteiger partial charge in [-0.3, -0.25) is 4.79 Å². The van der Waals surface area contributed by atoms with Crippen LogP contribution in [0.15, 0.2) is 82.8 Å². The number of hydrogen-bond acceptors (Lipinski definition) is 7. The number of halogens is 1. The van der Waals surface area contributed by atoms with Crippen LogP contribution in [0.1, 0.15) is 31.7 Å². The summed E-state index contributed by atoms with van der Waals surface area (Å²) in [5.74, 6) is 1.28. The molecule has 200 valence electrons. The highest BCUT2D eigenvalue weighted by molar-refractivity contribution is 7.98. The Hall–Kier alpha value is -2.94. The van der Waals surface area contributed by atoms with Crippen molar-refractivity contribution in [2.45, 2.75) is 48.6 Å². The molecular formula is C30H33FN2O3S2. The monoisotopic (exact) mass is 552 g/mol. The van der Waals surface area contributed by atoms with Crippen LogP contribution >= 0.6 is 23.7 Å². The number of allylic oxidation sites excluding steroid dienone is 1. The maximum absolute atomic E-state index is 13.9. The van der Waals surface area contributed by atoms with Gasteiger partial charge in [-0.1, -0.05) is 31.9 Å². The summed E-state index contributed by atoms with van der Waals surface area (Å²) in [6.07, 6.45) is 8.70. The minimum atomic E-state index is -0.252. The predicted octanol–water partition coefficient (Wildman–Crippen LogP) is 7.87. The second kappa shape index (κ2) is 13.7. The Morgan fingerprint density at radius 1 is 1.13 bits per heavy atom. The van der Waals surface area contributed by atoms with Gasteiger partial charge in [0.2, 0.25) is 0 Å². The smallest absolute Gasteiger partial charge is 0.145 e. The molecule has 1 unspecified atom stereocenters. The van der Waals surface area contributed by atoms with Gasteiger partial charge in [0.1, 0.15) is 23.6 Å². The number of methoxy groups -OCH3 is 1. The van der Waals surface area contributed by atoms with E-state index in [9.17, 15) is 9.18 Å². The van der Waals surface area contributed by atoms with E-state index in [1.165, 1.54) is 30.0 Å². The number of carbonyl (C=O) groups is 1. The van der Waals surface area contributed by atoms with Crippen LogP contribution in [0, 0.1) is 5.82 Å². The summed E-state index contributed by atoms with van der Waals surface area (Å²) < 4.78 is 27.5. The topological polar surface area (TPSA) is 42.0 Å². The van der Waals surface area contributed by atoms with Gasteiger partial charge in [0.05, 0.1) is 28.9 Å². The number of thioether (sulfide) groups is 1. The highest BCUT2D eigenvalue weighted by Gasteiger charge is 2.31. The van der Waals surface area contributed by atoms with Gasteiger partial charge >= 0.3 is 0 Å². The summed E-state index contributed by atoms with van der Waals surface area (Å²) in [5, 5.41) is 0. The van der Waals surface area contributed by atoms with Gasteiger partial charge in [-0.05, 0) is 78.7 Å². The predicted molar refractivity (Wildman–Crippen MR) is 155 cm³/mol. The minimum absolute atomic E-state index is 0.247. The molecule has 0 saturated heterocycles. The average Bonchev–Trinajstić information content (AvgIpc) is 3.08. The van der Waals surface area contributed by atoms with Crippen LogP contribution < -0.4 is 14.4 Å². The Morgan fingerprint density at radius 2 is 1.89 bits per heavy atom. The lowest BCUT2D eigenvalue weighted by Crippen LogP contribution is -2.37. The van der Waals surface area contributed by atoms with E-state index in [0.717, 1.165) is 59.3 Å². The first-order chi connectivity index (χ1) is 18.6. The second-order valence-corrected chi connectivity index (χ2v) is 10.9. The van der Waals surface area contributed by atoms with Crippen molar-refractivity contribution in [2.24, 2.45) is 0 Å². The van der Waals surface area contributed by atoms with Gasteiger partial charge in [0.15, 0.2) is 0 Å². The largest absolute Gasteiger partial charge is 0.497 e. The van der Waals surface area contributed by atoms with E-state index in [-0.39, 0.29) is 11.9 Å². The van der Waals surface area contributed by atoms with Gasteiger partial charge < -0.3 is 14.4 Å². The van der Waals surface area contributed by atoms with E-state index in [2.05, 4.69) is 34.3 Å². The van der Waals surface area contributed by atoms with E-state index in [1.807, 2.05) is 36.6 Å². The first kappa shape index (κ1) is 28.1. The molecule has 38 heavy (non-hydrogen) atoms. The maximum atomic E-state index is 13.9. The number of unbranched alkanes of at least 4 members (excludes halogenated alkanes) is 1. The summed E-state index contributed by atoms with van der Waals surface area (Å²) in [6.45, 7) is 3.73. The third kappa shape index (κ3) is 6.92. The van der Waals surface area contributed by atoms with Crippen molar-refractivity contribution in [1.29, 1.82) is 0 Å². The Kier molecular flexibility index (Phi) is 10.1. The van der Waals surface area contributed by atoms with Crippen molar-refractivity contribution in [3.8, 4) is 11.5 Å². The van der Waals surface area contributed by atoms with Crippen LogP contribution in [0.2, 0.25) is 0 Å². The molecule has 3 aromatic rings. The number of ether oxygens (including phenoxy) is 2. The molecule has 0 aromatic heterocycles. The number of rotatable bonds is 11. The fourth-order valence-corrected chi connectivity index (χ4v) is 6.17. The summed E-state index contributed by atoms with van der Waals surface area (Å²) in [5.41, 5.74) is 3.20. The molecule has 0 aliphatic carbocycles. The third-order valence-corrected chi connectivity index (χ3v) is 8.38.